The van der Waals surface area contributed by atoms with E-state index in [9.17, 15) is 4.79 Å². The van der Waals surface area contributed by atoms with Crippen LogP contribution in [0.2, 0.25) is 0 Å². The van der Waals surface area contributed by atoms with Crippen molar-refractivity contribution in [2.45, 2.75) is 56.9 Å². The molecule has 0 N–H and O–H groups in total. The minimum atomic E-state index is -0.218. The summed E-state index contributed by atoms with van der Waals surface area (Å²) in [6.07, 6.45) is 7.38. The maximum absolute atomic E-state index is 13.5. The fourth-order valence-electron chi connectivity index (χ4n) is 4.47. The molecule has 0 amide bonds. The summed E-state index contributed by atoms with van der Waals surface area (Å²) in [4.78, 5) is 14.9. The molecule has 1 saturated heterocycles. The lowest BCUT2D eigenvalue weighted by Crippen LogP contribution is -2.64. The van der Waals surface area contributed by atoms with E-state index in [1.54, 1.807) is 11.3 Å². The van der Waals surface area contributed by atoms with Crippen LogP contribution in [0.15, 0.2) is 15.9 Å². The van der Waals surface area contributed by atoms with Gasteiger partial charge < -0.3 is 4.48 Å². The molecule has 22 heavy (non-hydrogen) atoms. The van der Waals surface area contributed by atoms with Gasteiger partial charge in [0.2, 0.25) is 5.78 Å². The van der Waals surface area contributed by atoms with Crippen LogP contribution in [-0.2, 0) is 10.2 Å². The molecule has 2 fully saturated rings. The van der Waals surface area contributed by atoms with Gasteiger partial charge in [-0.3, -0.25) is 4.79 Å². The van der Waals surface area contributed by atoms with Crippen LogP contribution in [0.5, 0.6) is 0 Å². The van der Waals surface area contributed by atoms with Crippen molar-refractivity contribution in [2.75, 3.05) is 20.6 Å². The molecule has 1 aliphatic heterocycles. The number of quaternary nitrogens is 1. The Morgan fingerprint density at radius 1 is 1.23 bits per heavy atom. The first kappa shape index (κ1) is 16.7. The van der Waals surface area contributed by atoms with Gasteiger partial charge in [0.1, 0.15) is 6.04 Å². The lowest BCUT2D eigenvalue weighted by atomic mass is 9.60. The monoisotopic (exact) mass is 384 g/mol. The highest BCUT2D eigenvalue weighted by molar-refractivity contribution is 9.11. The van der Waals surface area contributed by atoms with Crippen LogP contribution in [0.25, 0.3) is 0 Å². The SMILES string of the molecule is C[C@@H]1C(=O)[C@@](c2ccc(Br)s2)(C2CCCCC2)CC[N+]1(C)C. The van der Waals surface area contributed by atoms with Crippen molar-refractivity contribution < 1.29 is 9.28 Å². The molecule has 1 saturated carbocycles. The fraction of sp³-hybridized carbons (Fsp3) is 0.722. The molecule has 0 unspecified atom stereocenters. The summed E-state index contributed by atoms with van der Waals surface area (Å²) in [6.45, 7) is 3.24. The standard InChI is InChI=1S/C18H27BrNOS/c1-13-17(21)18(11-12-20(13,2)3,14-7-5-4-6-8-14)15-9-10-16(19)22-15/h9-10,13-14H,4-8,11-12H2,1-3H3/q+1/t13-,18-/m1/s1. The zero-order chi connectivity index (χ0) is 16.0. The zero-order valence-corrected chi connectivity index (χ0v) is 16.3. The molecule has 0 bridgehead atoms. The van der Waals surface area contributed by atoms with Crippen molar-refractivity contribution in [3.63, 3.8) is 0 Å². The van der Waals surface area contributed by atoms with E-state index in [2.05, 4.69) is 49.1 Å². The molecule has 2 nitrogen and oxygen atoms in total. The number of hydrogen-bond acceptors (Lipinski definition) is 2. The van der Waals surface area contributed by atoms with Gasteiger partial charge in [0.15, 0.2) is 0 Å². The smallest absolute Gasteiger partial charge is 0.201 e. The summed E-state index contributed by atoms with van der Waals surface area (Å²) in [5, 5.41) is 0. The second-order valence-corrected chi connectivity index (χ2v) is 10.2. The lowest BCUT2D eigenvalue weighted by molar-refractivity contribution is -0.907. The summed E-state index contributed by atoms with van der Waals surface area (Å²) < 4.78 is 1.98. The van der Waals surface area contributed by atoms with E-state index < -0.39 is 0 Å². The van der Waals surface area contributed by atoms with Crippen LogP contribution in [0.4, 0.5) is 0 Å². The van der Waals surface area contributed by atoms with E-state index in [1.165, 1.54) is 37.0 Å². The van der Waals surface area contributed by atoms with E-state index in [0.717, 1.165) is 21.2 Å². The molecule has 0 spiro atoms. The van der Waals surface area contributed by atoms with Gasteiger partial charge in [0, 0.05) is 11.3 Å². The Kier molecular flexibility index (Phi) is 4.56. The topological polar surface area (TPSA) is 17.1 Å². The normalized spacial score (nSPS) is 33.1. The summed E-state index contributed by atoms with van der Waals surface area (Å²) in [7, 11) is 4.41. The largest absolute Gasteiger partial charge is 0.320 e. The molecule has 1 aromatic rings. The molecule has 2 aliphatic rings. The zero-order valence-electron chi connectivity index (χ0n) is 13.9. The predicted octanol–water partition coefficient (Wildman–Crippen LogP) is 4.77. The van der Waals surface area contributed by atoms with Crippen LogP contribution < -0.4 is 0 Å². The molecule has 1 aromatic heterocycles. The van der Waals surface area contributed by atoms with Crippen molar-refractivity contribution in [1.82, 2.24) is 0 Å². The van der Waals surface area contributed by atoms with Crippen LogP contribution in [-0.4, -0.2) is 36.9 Å². The number of thiophene rings is 1. The minimum absolute atomic E-state index is 0.0940. The summed E-state index contributed by atoms with van der Waals surface area (Å²) in [5.41, 5.74) is -0.218. The van der Waals surface area contributed by atoms with Gasteiger partial charge in [-0.2, -0.15) is 0 Å². The molecular weight excluding hydrogens is 358 g/mol. The van der Waals surface area contributed by atoms with Crippen molar-refractivity contribution in [2.24, 2.45) is 5.92 Å². The van der Waals surface area contributed by atoms with E-state index in [0.29, 0.717) is 11.7 Å². The number of carbonyl (C=O) groups is 1. The molecule has 0 radical (unpaired) electrons. The Morgan fingerprint density at radius 2 is 1.91 bits per heavy atom. The second kappa shape index (κ2) is 6.03. The summed E-state index contributed by atoms with van der Waals surface area (Å²) in [6, 6.07) is 4.42. The molecule has 4 heteroatoms. The maximum Gasteiger partial charge on any atom is 0.201 e. The van der Waals surface area contributed by atoms with Crippen LogP contribution in [0, 0.1) is 5.92 Å². The number of nitrogens with zero attached hydrogens (tertiary/aromatic N) is 1. The molecule has 2 heterocycles. The highest BCUT2D eigenvalue weighted by atomic mass is 79.9. The molecule has 3 rings (SSSR count). The first-order valence-electron chi connectivity index (χ1n) is 8.51. The Hall–Kier alpha value is -0.190. The number of ketones is 1. The van der Waals surface area contributed by atoms with Crippen molar-refractivity contribution in [3.05, 3.63) is 20.8 Å². The van der Waals surface area contributed by atoms with Crippen LogP contribution in [0.3, 0.4) is 0 Å². The molecule has 1 aliphatic carbocycles. The van der Waals surface area contributed by atoms with Gasteiger partial charge in [-0.15, -0.1) is 11.3 Å². The Morgan fingerprint density at radius 3 is 2.50 bits per heavy atom. The van der Waals surface area contributed by atoms with Crippen LogP contribution in [0.1, 0.15) is 50.3 Å². The number of piperidine rings is 1. The van der Waals surface area contributed by atoms with E-state index in [-0.39, 0.29) is 11.5 Å². The quantitative estimate of drug-likeness (QED) is 0.671. The van der Waals surface area contributed by atoms with Crippen LogP contribution >= 0.6 is 27.3 Å². The highest BCUT2D eigenvalue weighted by Gasteiger charge is 2.56. The first-order valence-corrected chi connectivity index (χ1v) is 10.1. The van der Waals surface area contributed by atoms with Gasteiger partial charge in [-0.1, -0.05) is 19.3 Å². The third-order valence-electron chi connectivity index (χ3n) is 6.27. The Labute approximate surface area is 146 Å². The maximum atomic E-state index is 13.5. The number of halogens is 1. The van der Waals surface area contributed by atoms with E-state index in [4.69, 9.17) is 0 Å². The third kappa shape index (κ3) is 2.61. The molecular formula is C18H27BrNOS+. The van der Waals surface area contributed by atoms with Gasteiger partial charge in [-0.25, -0.2) is 0 Å². The number of Topliss-reactive ketones (excluding diaryl/α,β-unsaturated/α-hetero) is 1. The number of likely N-dealkylation sites (tertiary alicyclic amines) is 1. The van der Waals surface area contributed by atoms with Crippen molar-refractivity contribution in [1.29, 1.82) is 0 Å². The van der Waals surface area contributed by atoms with Gasteiger partial charge in [0.25, 0.3) is 0 Å². The molecule has 2 atom stereocenters. The van der Waals surface area contributed by atoms with Gasteiger partial charge in [0.05, 0.1) is 29.8 Å². The Balaban J connectivity index is 2.05. The predicted molar refractivity (Wildman–Crippen MR) is 96.3 cm³/mol. The average molecular weight is 385 g/mol. The minimum Gasteiger partial charge on any atom is -0.320 e. The Bertz CT molecular complexity index is 561. The van der Waals surface area contributed by atoms with Crippen molar-refractivity contribution in [3.8, 4) is 0 Å². The van der Waals surface area contributed by atoms with Crippen molar-refractivity contribution >= 4 is 33.0 Å². The summed E-state index contributed by atoms with van der Waals surface area (Å²) in [5.74, 6) is 1.03. The number of likely N-dealkylation sites (N-methyl/N-ethyl adjacent to an activating group) is 1. The van der Waals surface area contributed by atoms with E-state index in [1.807, 2.05) is 0 Å². The first-order chi connectivity index (χ1) is 10.4. The number of carbonyl (C=O) groups excluding carboxylic acids is 1. The molecule has 0 aromatic carbocycles. The average Bonchev–Trinajstić information content (AvgIpc) is 2.93. The summed E-state index contributed by atoms with van der Waals surface area (Å²) >= 11 is 5.39. The molecule has 122 valence electrons. The highest BCUT2D eigenvalue weighted by Crippen LogP contribution is 2.50. The van der Waals surface area contributed by atoms with Gasteiger partial charge >= 0.3 is 0 Å². The third-order valence-corrected chi connectivity index (χ3v) is 8.07. The fourth-order valence-corrected chi connectivity index (χ4v) is 6.16. The number of hydrogen-bond donors (Lipinski definition) is 0. The second-order valence-electron chi connectivity index (χ2n) is 7.70. The number of rotatable bonds is 2. The lowest BCUT2D eigenvalue weighted by Gasteiger charge is -2.50. The van der Waals surface area contributed by atoms with E-state index >= 15 is 0 Å². The van der Waals surface area contributed by atoms with Gasteiger partial charge in [-0.05, 0) is 53.7 Å².